The van der Waals surface area contributed by atoms with Crippen molar-refractivity contribution in [3.63, 3.8) is 0 Å². The Morgan fingerprint density at radius 1 is 1.00 bits per heavy atom. The molecule has 0 aromatic heterocycles. The predicted molar refractivity (Wildman–Crippen MR) is 84.0 cm³/mol. The molecule has 0 aliphatic carbocycles. The molecule has 0 saturated carbocycles. The molecule has 1 N–H and O–H groups in total. The lowest BCUT2D eigenvalue weighted by Gasteiger charge is -2.21. The van der Waals surface area contributed by atoms with E-state index in [9.17, 15) is 0 Å². The van der Waals surface area contributed by atoms with Crippen molar-refractivity contribution in [3.05, 3.63) is 24.3 Å². The summed E-state index contributed by atoms with van der Waals surface area (Å²) in [5.41, 5.74) is 1.19. The van der Waals surface area contributed by atoms with Gasteiger partial charge in [-0.3, -0.25) is 0 Å². The first kappa shape index (κ1) is 15.9. The van der Waals surface area contributed by atoms with Crippen LogP contribution in [-0.4, -0.2) is 12.1 Å². The van der Waals surface area contributed by atoms with Crippen LogP contribution in [0.5, 0.6) is 5.75 Å². The van der Waals surface area contributed by atoms with Gasteiger partial charge < -0.3 is 10.1 Å². The second-order valence-corrected chi connectivity index (χ2v) is 5.69. The van der Waals surface area contributed by atoms with Crippen molar-refractivity contribution >= 4 is 5.69 Å². The number of benzene rings is 1. The van der Waals surface area contributed by atoms with E-state index >= 15 is 0 Å². The van der Waals surface area contributed by atoms with E-state index in [-0.39, 0.29) is 6.10 Å². The zero-order valence-electron chi connectivity index (χ0n) is 13.1. The van der Waals surface area contributed by atoms with Crippen LogP contribution in [0, 0.1) is 5.92 Å². The van der Waals surface area contributed by atoms with Gasteiger partial charge in [-0.2, -0.15) is 0 Å². The number of rotatable bonds is 8. The van der Waals surface area contributed by atoms with Gasteiger partial charge in [0.2, 0.25) is 0 Å². The van der Waals surface area contributed by atoms with Gasteiger partial charge in [-0.1, -0.05) is 27.2 Å². The number of hydrogen-bond acceptors (Lipinski definition) is 2. The summed E-state index contributed by atoms with van der Waals surface area (Å²) in [6.07, 6.45) is 3.87. The van der Waals surface area contributed by atoms with Crippen LogP contribution in [0.1, 0.15) is 53.9 Å². The van der Waals surface area contributed by atoms with Gasteiger partial charge in [0.05, 0.1) is 6.10 Å². The molecule has 2 heteroatoms. The number of anilines is 1. The first-order chi connectivity index (χ1) is 9.05. The Balaban J connectivity index is 2.55. The molecule has 19 heavy (non-hydrogen) atoms. The second kappa shape index (κ2) is 8.08. The van der Waals surface area contributed by atoms with E-state index in [1.54, 1.807) is 0 Å². The third kappa shape index (κ3) is 6.00. The highest BCUT2D eigenvalue weighted by Crippen LogP contribution is 2.20. The Morgan fingerprint density at radius 2 is 1.63 bits per heavy atom. The standard InChI is InChI=1S/C17H29NO/c1-6-14(5)12-15(7-2)18-16-8-10-17(11-9-16)19-13(3)4/h8-11,13-15,18H,6-7,12H2,1-5H3. The zero-order valence-corrected chi connectivity index (χ0v) is 13.1. The highest BCUT2D eigenvalue weighted by atomic mass is 16.5. The third-order valence-corrected chi connectivity index (χ3v) is 3.47. The molecule has 0 heterocycles. The molecule has 0 radical (unpaired) electrons. The van der Waals surface area contributed by atoms with Gasteiger partial charge in [-0.15, -0.1) is 0 Å². The predicted octanol–water partition coefficient (Wildman–Crippen LogP) is 5.10. The van der Waals surface area contributed by atoms with E-state index in [4.69, 9.17) is 4.74 Å². The number of nitrogens with one attached hydrogen (secondary N) is 1. The van der Waals surface area contributed by atoms with Crippen molar-refractivity contribution in [3.8, 4) is 5.75 Å². The summed E-state index contributed by atoms with van der Waals surface area (Å²) < 4.78 is 5.65. The second-order valence-electron chi connectivity index (χ2n) is 5.69. The van der Waals surface area contributed by atoms with Crippen LogP contribution in [0.25, 0.3) is 0 Å². The van der Waals surface area contributed by atoms with Gasteiger partial charge in [0.1, 0.15) is 5.75 Å². The summed E-state index contributed by atoms with van der Waals surface area (Å²) in [4.78, 5) is 0. The monoisotopic (exact) mass is 263 g/mol. The Bertz CT molecular complexity index is 345. The normalized spacial score (nSPS) is 14.2. The van der Waals surface area contributed by atoms with Crippen molar-refractivity contribution in [1.29, 1.82) is 0 Å². The highest BCUT2D eigenvalue weighted by molar-refractivity contribution is 5.47. The van der Waals surface area contributed by atoms with Crippen molar-refractivity contribution in [2.45, 2.75) is 66.0 Å². The largest absolute Gasteiger partial charge is 0.491 e. The summed E-state index contributed by atoms with van der Waals surface area (Å²) in [7, 11) is 0. The zero-order chi connectivity index (χ0) is 14.3. The number of ether oxygens (including phenoxy) is 1. The van der Waals surface area contributed by atoms with Crippen LogP contribution < -0.4 is 10.1 Å². The smallest absolute Gasteiger partial charge is 0.119 e. The molecule has 0 aliphatic heterocycles. The lowest BCUT2D eigenvalue weighted by Crippen LogP contribution is -2.21. The van der Waals surface area contributed by atoms with Gasteiger partial charge in [0, 0.05) is 11.7 Å². The van der Waals surface area contributed by atoms with E-state index in [0.717, 1.165) is 18.1 Å². The van der Waals surface area contributed by atoms with Crippen LogP contribution in [0.2, 0.25) is 0 Å². The summed E-state index contributed by atoms with van der Waals surface area (Å²) in [5.74, 6) is 1.72. The van der Waals surface area contributed by atoms with Crippen molar-refractivity contribution in [1.82, 2.24) is 0 Å². The quantitative estimate of drug-likeness (QED) is 0.704. The fourth-order valence-corrected chi connectivity index (χ4v) is 2.12. The highest BCUT2D eigenvalue weighted by Gasteiger charge is 2.10. The first-order valence-corrected chi connectivity index (χ1v) is 7.58. The van der Waals surface area contributed by atoms with E-state index in [2.05, 4.69) is 38.2 Å². The van der Waals surface area contributed by atoms with Crippen LogP contribution in [-0.2, 0) is 0 Å². The van der Waals surface area contributed by atoms with Crippen molar-refractivity contribution in [2.24, 2.45) is 5.92 Å². The molecule has 108 valence electrons. The summed E-state index contributed by atoms with van der Waals surface area (Å²) in [6, 6.07) is 8.86. The molecule has 2 atom stereocenters. The Morgan fingerprint density at radius 3 is 2.11 bits per heavy atom. The van der Waals surface area contributed by atoms with Crippen molar-refractivity contribution in [2.75, 3.05) is 5.32 Å². The molecule has 0 spiro atoms. The third-order valence-electron chi connectivity index (χ3n) is 3.47. The summed E-state index contributed by atoms with van der Waals surface area (Å²) in [6.45, 7) is 10.9. The van der Waals surface area contributed by atoms with Gasteiger partial charge >= 0.3 is 0 Å². The lowest BCUT2D eigenvalue weighted by molar-refractivity contribution is 0.242. The molecule has 1 aromatic carbocycles. The maximum atomic E-state index is 5.65. The molecule has 1 rings (SSSR count). The number of hydrogen-bond donors (Lipinski definition) is 1. The minimum atomic E-state index is 0.229. The van der Waals surface area contributed by atoms with Crippen LogP contribution in [0.15, 0.2) is 24.3 Å². The van der Waals surface area contributed by atoms with Crippen LogP contribution >= 0.6 is 0 Å². The molecule has 0 amide bonds. The van der Waals surface area contributed by atoms with E-state index in [1.807, 2.05) is 26.0 Å². The summed E-state index contributed by atoms with van der Waals surface area (Å²) >= 11 is 0. The molecule has 0 saturated heterocycles. The molecule has 1 aromatic rings. The SMILES string of the molecule is CCC(C)CC(CC)Nc1ccc(OC(C)C)cc1. The molecule has 2 unspecified atom stereocenters. The Labute approximate surface area is 118 Å². The van der Waals surface area contributed by atoms with Gasteiger partial charge in [0.15, 0.2) is 0 Å². The maximum Gasteiger partial charge on any atom is 0.119 e. The maximum absolute atomic E-state index is 5.65. The first-order valence-electron chi connectivity index (χ1n) is 7.58. The molecular formula is C17H29NO. The summed E-state index contributed by atoms with van der Waals surface area (Å²) in [5, 5.41) is 3.62. The topological polar surface area (TPSA) is 21.3 Å². The minimum absolute atomic E-state index is 0.229. The van der Waals surface area contributed by atoms with Gasteiger partial charge in [0.25, 0.3) is 0 Å². The van der Waals surface area contributed by atoms with E-state index in [0.29, 0.717) is 6.04 Å². The fourth-order valence-electron chi connectivity index (χ4n) is 2.12. The van der Waals surface area contributed by atoms with E-state index < -0.39 is 0 Å². The van der Waals surface area contributed by atoms with Crippen LogP contribution in [0.4, 0.5) is 5.69 Å². The van der Waals surface area contributed by atoms with Crippen LogP contribution in [0.3, 0.4) is 0 Å². The van der Waals surface area contributed by atoms with E-state index in [1.165, 1.54) is 18.5 Å². The minimum Gasteiger partial charge on any atom is -0.491 e. The molecule has 2 nitrogen and oxygen atoms in total. The van der Waals surface area contributed by atoms with Gasteiger partial charge in [-0.05, 0) is 56.9 Å². The lowest BCUT2D eigenvalue weighted by atomic mass is 9.97. The van der Waals surface area contributed by atoms with Gasteiger partial charge in [-0.25, -0.2) is 0 Å². The molecular weight excluding hydrogens is 234 g/mol. The molecule has 0 bridgehead atoms. The average molecular weight is 263 g/mol. The fraction of sp³-hybridized carbons (Fsp3) is 0.647. The Hall–Kier alpha value is -1.18. The van der Waals surface area contributed by atoms with Crippen molar-refractivity contribution < 1.29 is 4.74 Å². The Kier molecular flexibility index (Phi) is 6.75. The average Bonchev–Trinajstić information content (AvgIpc) is 2.39. The molecule has 0 aliphatic rings. The molecule has 0 fully saturated rings.